The SMILES string of the molecule is COC(=O)c1ncc(N)c([N+](=O)[O-])c1C(F)F. The van der Waals surface area contributed by atoms with Crippen molar-refractivity contribution in [1.82, 2.24) is 4.98 Å². The second-order valence-corrected chi connectivity index (χ2v) is 2.87. The van der Waals surface area contributed by atoms with Gasteiger partial charge in [0.2, 0.25) is 0 Å². The fourth-order valence-electron chi connectivity index (χ4n) is 1.20. The Kier molecular flexibility index (Phi) is 3.51. The van der Waals surface area contributed by atoms with E-state index in [0.29, 0.717) is 0 Å². The minimum Gasteiger partial charge on any atom is -0.464 e. The highest BCUT2D eigenvalue weighted by Crippen LogP contribution is 2.35. The van der Waals surface area contributed by atoms with Crippen LogP contribution in [-0.4, -0.2) is 23.0 Å². The maximum Gasteiger partial charge on any atom is 0.357 e. The van der Waals surface area contributed by atoms with E-state index in [-0.39, 0.29) is 0 Å². The van der Waals surface area contributed by atoms with Gasteiger partial charge in [0.05, 0.1) is 18.2 Å². The fraction of sp³-hybridized carbons (Fsp3) is 0.250. The Labute approximate surface area is 93.3 Å². The maximum atomic E-state index is 12.7. The summed E-state index contributed by atoms with van der Waals surface area (Å²) in [5.41, 5.74) is 1.65. The highest BCUT2D eigenvalue weighted by molar-refractivity contribution is 5.91. The van der Waals surface area contributed by atoms with Crippen LogP contribution in [-0.2, 0) is 4.74 Å². The van der Waals surface area contributed by atoms with Crippen LogP contribution < -0.4 is 5.73 Å². The van der Waals surface area contributed by atoms with Crippen LogP contribution >= 0.6 is 0 Å². The van der Waals surface area contributed by atoms with Gasteiger partial charge in [0.15, 0.2) is 5.69 Å². The number of alkyl halides is 2. The van der Waals surface area contributed by atoms with Gasteiger partial charge in [-0.15, -0.1) is 0 Å². The van der Waals surface area contributed by atoms with Gasteiger partial charge in [-0.2, -0.15) is 0 Å². The van der Waals surface area contributed by atoms with Crippen molar-refractivity contribution in [1.29, 1.82) is 0 Å². The van der Waals surface area contributed by atoms with Gasteiger partial charge in [-0.3, -0.25) is 10.1 Å². The number of carbonyl (C=O) groups excluding carboxylic acids is 1. The molecule has 0 bridgehead atoms. The van der Waals surface area contributed by atoms with Crippen LogP contribution in [0, 0.1) is 10.1 Å². The van der Waals surface area contributed by atoms with Crippen LogP contribution in [0.5, 0.6) is 0 Å². The molecule has 17 heavy (non-hydrogen) atoms. The normalized spacial score (nSPS) is 10.4. The number of carbonyl (C=O) groups is 1. The number of aromatic nitrogens is 1. The Hall–Kier alpha value is -2.32. The highest BCUT2D eigenvalue weighted by Gasteiger charge is 2.32. The van der Waals surface area contributed by atoms with E-state index in [1.807, 2.05) is 0 Å². The number of anilines is 1. The highest BCUT2D eigenvalue weighted by atomic mass is 19.3. The number of halogens is 2. The molecule has 1 heterocycles. The van der Waals surface area contributed by atoms with Gasteiger partial charge in [-0.05, 0) is 0 Å². The van der Waals surface area contributed by atoms with Gasteiger partial charge in [0.1, 0.15) is 11.3 Å². The molecule has 0 saturated heterocycles. The average Bonchev–Trinajstić information content (AvgIpc) is 2.26. The van der Waals surface area contributed by atoms with E-state index in [4.69, 9.17) is 5.73 Å². The maximum absolute atomic E-state index is 12.7. The molecule has 1 rings (SSSR count). The third-order valence-electron chi connectivity index (χ3n) is 1.90. The molecule has 1 aromatic heterocycles. The number of pyridine rings is 1. The lowest BCUT2D eigenvalue weighted by atomic mass is 10.1. The first-order chi connectivity index (χ1) is 7.90. The van der Waals surface area contributed by atoms with Gasteiger partial charge < -0.3 is 10.5 Å². The van der Waals surface area contributed by atoms with Gasteiger partial charge in [0, 0.05) is 0 Å². The van der Waals surface area contributed by atoms with E-state index in [2.05, 4.69) is 9.72 Å². The molecule has 1 aromatic rings. The van der Waals surface area contributed by atoms with Gasteiger partial charge in [-0.1, -0.05) is 0 Å². The van der Waals surface area contributed by atoms with Gasteiger partial charge in [0.25, 0.3) is 6.43 Å². The van der Waals surface area contributed by atoms with Crippen LogP contribution in [0.15, 0.2) is 6.20 Å². The number of ether oxygens (including phenoxy) is 1. The topological polar surface area (TPSA) is 108 Å². The number of hydrogen-bond donors (Lipinski definition) is 1. The molecule has 0 aliphatic carbocycles. The summed E-state index contributed by atoms with van der Waals surface area (Å²) in [4.78, 5) is 24.0. The number of nitrogen functional groups attached to an aromatic ring is 1. The van der Waals surface area contributed by atoms with Crippen LogP contribution in [0.25, 0.3) is 0 Å². The number of esters is 1. The number of methoxy groups -OCH3 is 1. The number of rotatable bonds is 3. The Balaban J connectivity index is 3.59. The van der Waals surface area contributed by atoms with Crippen molar-refractivity contribution in [2.45, 2.75) is 6.43 Å². The first-order valence-corrected chi connectivity index (χ1v) is 4.19. The summed E-state index contributed by atoms with van der Waals surface area (Å²) in [5.74, 6) is -1.19. The monoisotopic (exact) mass is 247 g/mol. The Bertz CT molecular complexity index is 478. The van der Waals surface area contributed by atoms with Crippen LogP contribution in [0.1, 0.15) is 22.5 Å². The Morgan fingerprint density at radius 2 is 2.24 bits per heavy atom. The molecular formula is C8H7F2N3O4. The standard InChI is InChI=1S/C8H7F2N3O4/c1-17-8(14)5-4(7(9)10)6(13(15)16)3(11)2-12-5/h2,7H,11H2,1H3. The average molecular weight is 247 g/mol. The second kappa shape index (κ2) is 4.68. The largest absolute Gasteiger partial charge is 0.464 e. The fourth-order valence-corrected chi connectivity index (χ4v) is 1.20. The molecule has 7 nitrogen and oxygen atoms in total. The molecule has 0 aliphatic rings. The molecule has 0 aliphatic heterocycles. The lowest BCUT2D eigenvalue weighted by molar-refractivity contribution is -0.385. The molecule has 0 spiro atoms. The summed E-state index contributed by atoms with van der Waals surface area (Å²) in [7, 11) is 0.946. The predicted molar refractivity (Wildman–Crippen MR) is 51.6 cm³/mol. The smallest absolute Gasteiger partial charge is 0.357 e. The third kappa shape index (κ3) is 2.27. The minimum atomic E-state index is -3.26. The molecule has 0 fully saturated rings. The van der Waals surface area contributed by atoms with E-state index in [1.54, 1.807) is 0 Å². The molecule has 0 saturated carbocycles. The van der Waals surface area contributed by atoms with Crippen molar-refractivity contribution in [3.05, 3.63) is 27.6 Å². The van der Waals surface area contributed by atoms with E-state index >= 15 is 0 Å². The molecule has 0 aromatic carbocycles. The molecule has 0 amide bonds. The summed E-state index contributed by atoms with van der Waals surface area (Å²) < 4.78 is 29.6. The molecule has 9 heteroatoms. The lowest BCUT2D eigenvalue weighted by Gasteiger charge is -2.08. The molecule has 0 unspecified atom stereocenters. The third-order valence-corrected chi connectivity index (χ3v) is 1.90. The minimum absolute atomic E-state index is 0.544. The van der Waals surface area contributed by atoms with Crippen molar-refractivity contribution in [2.75, 3.05) is 12.8 Å². The summed E-state index contributed by atoms with van der Waals surface area (Å²) in [6, 6.07) is 0. The van der Waals surface area contributed by atoms with Gasteiger partial charge in [-0.25, -0.2) is 18.6 Å². The number of hydrogen-bond acceptors (Lipinski definition) is 6. The first kappa shape index (κ1) is 12.7. The predicted octanol–water partition coefficient (Wildman–Crippen LogP) is 1.30. The van der Waals surface area contributed by atoms with Crippen LogP contribution in [0.3, 0.4) is 0 Å². The summed E-state index contributed by atoms with van der Waals surface area (Å²) in [6.45, 7) is 0. The first-order valence-electron chi connectivity index (χ1n) is 4.19. The molecule has 0 atom stereocenters. The molecule has 2 N–H and O–H groups in total. The Morgan fingerprint density at radius 3 is 2.65 bits per heavy atom. The van der Waals surface area contributed by atoms with Crippen molar-refractivity contribution in [3.8, 4) is 0 Å². The van der Waals surface area contributed by atoms with Crippen molar-refractivity contribution in [3.63, 3.8) is 0 Å². The van der Waals surface area contributed by atoms with Crippen molar-refractivity contribution in [2.24, 2.45) is 0 Å². The van der Waals surface area contributed by atoms with E-state index in [0.717, 1.165) is 13.3 Å². The summed E-state index contributed by atoms with van der Waals surface area (Å²) in [6.07, 6.45) is -2.50. The van der Waals surface area contributed by atoms with E-state index in [1.165, 1.54) is 0 Å². The van der Waals surface area contributed by atoms with Crippen LogP contribution in [0.4, 0.5) is 20.2 Å². The van der Waals surface area contributed by atoms with Crippen LogP contribution in [0.2, 0.25) is 0 Å². The number of nitrogens with zero attached hydrogens (tertiary/aromatic N) is 2. The van der Waals surface area contributed by atoms with Crippen molar-refractivity contribution >= 4 is 17.3 Å². The zero-order chi connectivity index (χ0) is 13.2. The number of nitrogens with two attached hydrogens (primary N) is 1. The molecule has 92 valence electrons. The second-order valence-electron chi connectivity index (χ2n) is 2.87. The number of nitro groups is 1. The van der Waals surface area contributed by atoms with Gasteiger partial charge >= 0.3 is 11.7 Å². The zero-order valence-electron chi connectivity index (χ0n) is 8.52. The van der Waals surface area contributed by atoms with Crippen molar-refractivity contribution < 1.29 is 23.2 Å². The molecular weight excluding hydrogens is 240 g/mol. The lowest BCUT2D eigenvalue weighted by Crippen LogP contribution is -2.13. The van der Waals surface area contributed by atoms with E-state index < -0.39 is 40.0 Å². The summed E-state index contributed by atoms with van der Waals surface area (Å²) >= 11 is 0. The Morgan fingerprint density at radius 1 is 1.65 bits per heavy atom. The molecule has 0 radical (unpaired) electrons. The quantitative estimate of drug-likeness (QED) is 0.489. The summed E-state index contributed by atoms with van der Waals surface area (Å²) in [5, 5.41) is 10.6. The van der Waals surface area contributed by atoms with E-state index in [9.17, 15) is 23.7 Å². The zero-order valence-corrected chi connectivity index (χ0v) is 8.52.